The summed E-state index contributed by atoms with van der Waals surface area (Å²) in [5, 5.41) is 0. The van der Waals surface area contributed by atoms with Crippen LogP contribution in [-0.2, 0) is 14.3 Å². The first-order valence-electron chi connectivity index (χ1n) is 8.04. The van der Waals surface area contributed by atoms with Gasteiger partial charge in [0.1, 0.15) is 5.75 Å². The molecule has 0 N–H and O–H groups in total. The van der Waals surface area contributed by atoms with Crippen LogP contribution in [0.25, 0.3) is 0 Å². The highest BCUT2D eigenvalue weighted by Gasteiger charge is 2.06. The van der Waals surface area contributed by atoms with Crippen LogP contribution < -0.4 is 4.74 Å². The third-order valence-electron chi connectivity index (χ3n) is 3.56. The molecule has 0 spiro atoms. The van der Waals surface area contributed by atoms with Crippen LogP contribution in [0.1, 0.15) is 58.4 Å². The molecule has 1 aromatic rings. The molecular weight excluding hydrogens is 280 g/mol. The minimum atomic E-state index is -0.289. The average Bonchev–Trinajstić information content (AvgIpc) is 2.50. The van der Waals surface area contributed by atoms with Gasteiger partial charge in [-0.3, -0.25) is 4.79 Å². The van der Waals surface area contributed by atoms with Crippen molar-refractivity contribution in [3.8, 4) is 5.75 Å². The molecule has 1 rings (SSSR count). The van der Waals surface area contributed by atoms with Gasteiger partial charge in [-0.25, -0.2) is 0 Å². The van der Waals surface area contributed by atoms with Crippen LogP contribution in [0.3, 0.4) is 0 Å². The van der Waals surface area contributed by atoms with Gasteiger partial charge in [0.05, 0.1) is 13.2 Å². The van der Waals surface area contributed by atoms with E-state index in [1.54, 1.807) is 0 Å². The van der Waals surface area contributed by atoms with Gasteiger partial charge >= 0.3 is 5.97 Å². The maximum absolute atomic E-state index is 10.6. The Morgan fingerprint density at radius 1 is 1.09 bits per heavy atom. The number of unbranched alkanes of at least 4 members (excludes halogenated alkanes) is 1. The zero-order valence-corrected chi connectivity index (χ0v) is 14.1. The lowest BCUT2D eigenvalue weighted by molar-refractivity contribution is -0.141. The van der Waals surface area contributed by atoms with E-state index in [0.717, 1.165) is 25.0 Å². The van der Waals surface area contributed by atoms with Crippen LogP contribution in [0.15, 0.2) is 24.3 Å². The number of benzene rings is 1. The highest BCUT2D eigenvalue weighted by Crippen LogP contribution is 2.22. The van der Waals surface area contributed by atoms with Crippen molar-refractivity contribution in [3.05, 3.63) is 29.8 Å². The largest absolute Gasteiger partial charge is 0.466 e. The van der Waals surface area contributed by atoms with Gasteiger partial charge in [-0.15, -0.1) is 0 Å². The zero-order chi connectivity index (χ0) is 16.4. The van der Waals surface area contributed by atoms with Crippen molar-refractivity contribution >= 4 is 5.97 Å². The fourth-order valence-corrected chi connectivity index (χ4v) is 2.01. The molecule has 0 amide bonds. The number of hydrogen-bond acceptors (Lipinski definition) is 4. The Morgan fingerprint density at radius 3 is 2.32 bits per heavy atom. The first kappa shape index (κ1) is 18.5. The Bertz CT molecular complexity index is 427. The van der Waals surface area contributed by atoms with E-state index in [1.165, 1.54) is 12.5 Å². The van der Waals surface area contributed by atoms with Crippen molar-refractivity contribution in [2.45, 2.75) is 59.2 Å². The molecule has 0 aliphatic heterocycles. The van der Waals surface area contributed by atoms with E-state index in [1.807, 2.05) is 19.1 Å². The third kappa shape index (κ3) is 7.46. The number of carbonyl (C=O) groups is 1. The van der Waals surface area contributed by atoms with E-state index >= 15 is 0 Å². The predicted octanol–water partition coefficient (Wildman–Crippen LogP) is 4.28. The average molecular weight is 308 g/mol. The fourth-order valence-electron chi connectivity index (χ4n) is 2.01. The number of hydrogen-bond donors (Lipinski definition) is 0. The summed E-state index contributed by atoms with van der Waals surface area (Å²) < 4.78 is 16.2. The van der Waals surface area contributed by atoms with E-state index in [0.29, 0.717) is 19.1 Å². The first-order chi connectivity index (χ1) is 10.5. The van der Waals surface area contributed by atoms with Crippen molar-refractivity contribution < 1.29 is 19.0 Å². The molecule has 0 saturated heterocycles. The van der Waals surface area contributed by atoms with Crippen molar-refractivity contribution in [2.24, 2.45) is 0 Å². The quantitative estimate of drug-likeness (QED) is 0.367. The molecule has 0 fully saturated rings. The minimum Gasteiger partial charge on any atom is -0.466 e. The monoisotopic (exact) mass is 308 g/mol. The van der Waals surface area contributed by atoms with Crippen LogP contribution in [0, 0.1) is 0 Å². The summed E-state index contributed by atoms with van der Waals surface area (Å²) in [4.78, 5) is 10.6. The highest BCUT2D eigenvalue weighted by molar-refractivity contribution is 5.65. The molecule has 22 heavy (non-hydrogen) atoms. The molecule has 4 heteroatoms. The standard InChI is InChI=1S/C18H28O4/c1-5-14(2)17-8-10-18(11-9-17)22-16(4)21-13-7-6-12-20-15(3)19/h8-11,14,16H,5-7,12-13H2,1-4H3. The van der Waals surface area contributed by atoms with Crippen LogP contribution in [0.5, 0.6) is 5.75 Å². The summed E-state index contributed by atoms with van der Waals surface area (Å²) in [6.07, 6.45) is 2.49. The van der Waals surface area contributed by atoms with E-state index in [-0.39, 0.29) is 12.3 Å². The Hall–Kier alpha value is -1.55. The van der Waals surface area contributed by atoms with Gasteiger partial charge in [0.25, 0.3) is 0 Å². The third-order valence-corrected chi connectivity index (χ3v) is 3.56. The topological polar surface area (TPSA) is 44.8 Å². The summed E-state index contributed by atoms with van der Waals surface area (Å²) in [5.41, 5.74) is 1.33. The molecule has 0 saturated carbocycles. The lowest BCUT2D eigenvalue weighted by atomic mass is 9.99. The molecule has 2 atom stereocenters. The molecular formula is C18H28O4. The molecule has 124 valence electrons. The van der Waals surface area contributed by atoms with Gasteiger partial charge < -0.3 is 14.2 Å². The van der Waals surface area contributed by atoms with Crippen molar-refractivity contribution in [3.63, 3.8) is 0 Å². The molecule has 0 aliphatic carbocycles. The second-order valence-corrected chi connectivity index (χ2v) is 5.48. The summed E-state index contributed by atoms with van der Waals surface area (Å²) in [5.74, 6) is 1.15. The van der Waals surface area contributed by atoms with Crippen LogP contribution in [0.2, 0.25) is 0 Å². The summed E-state index contributed by atoms with van der Waals surface area (Å²) in [6, 6.07) is 8.19. The van der Waals surface area contributed by atoms with Gasteiger partial charge in [-0.05, 0) is 49.8 Å². The van der Waals surface area contributed by atoms with Gasteiger partial charge in [0.15, 0.2) is 6.29 Å². The molecule has 0 radical (unpaired) electrons. The first-order valence-corrected chi connectivity index (χ1v) is 8.04. The van der Waals surface area contributed by atoms with E-state index < -0.39 is 0 Å². The van der Waals surface area contributed by atoms with Gasteiger partial charge in [0.2, 0.25) is 0 Å². The smallest absolute Gasteiger partial charge is 0.302 e. The molecule has 0 aliphatic rings. The van der Waals surface area contributed by atoms with Gasteiger partial charge in [-0.1, -0.05) is 26.0 Å². The van der Waals surface area contributed by atoms with Crippen LogP contribution in [0.4, 0.5) is 0 Å². The lowest BCUT2D eigenvalue weighted by Gasteiger charge is -2.16. The highest BCUT2D eigenvalue weighted by atomic mass is 16.7. The van der Waals surface area contributed by atoms with Crippen molar-refractivity contribution in [2.75, 3.05) is 13.2 Å². The van der Waals surface area contributed by atoms with Crippen molar-refractivity contribution in [1.29, 1.82) is 0 Å². The molecule has 0 bridgehead atoms. The molecule has 4 nitrogen and oxygen atoms in total. The van der Waals surface area contributed by atoms with Crippen LogP contribution in [-0.4, -0.2) is 25.5 Å². The fraction of sp³-hybridized carbons (Fsp3) is 0.611. The molecule has 2 unspecified atom stereocenters. The SMILES string of the molecule is CCC(C)c1ccc(OC(C)OCCCCOC(C)=O)cc1. The summed E-state index contributed by atoms with van der Waals surface area (Å²) in [7, 11) is 0. The van der Waals surface area contributed by atoms with E-state index in [9.17, 15) is 4.79 Å². The maximum Gasteiger partial charge on any atom is 0.302 e. The minimum absolute atomic E-state index is 0.238. The maximum atomic E-state index is 10.6. The second kappa shape index (κ2) is 10.2. The van der Waals surface area contributed by atoms with Gasteiger partial charge in [-0.2, -0.15) is 0 Å². The van der Waals surface area contributed by atoms with E-state index in [4.69, 9.17) is 14.2 Å². The Balaban J connectivity index is 2.21. The Kier molecular flexibility index (Phi) is 8.60. The molecule has 0 heterocycles. The number of esters is 1. The summed E-state index contributed by atoms with van der Waals surface area (Å²) >= 11 is 0. The second-order valence-electron chi connectivity index (χ2n) is 5.48. The molecule has 0 aromatic heterocycles. The Labute approximate surface area is 133 Å². The number of ether oxygens (including phenoxy) is 3. The Morgan fingerprint density at radius 2 is 1.73 bits per heavy atom. The summed E-state index contributed by atoms with van der Waals surface area (Å²) in [6.45, 7) is 8.75. The van der Waals surface area contributed by atoms with Gasteiger partial charge in [0, 0.05) is 6.92 Å². The normalized spacial score (nSPS) is 13.5. The predicted molar refractivity (Wildman–Crippen MR) is 87.1 cm³/mol. The number of carbonyl (C=O) groups excluding carboxylic acids is 1. The number of rotatable bonds is 10. The zero-order valence-electron chi connectivity index (χ0n) is 14.1. The lowest BCUT2D eigenvalue weighted by Crippen LogP contribution is -2.17. The van der Waals surface area contributed by atoms with Crippen LogP contribution >= 0.6 is 0 Å². The van der Waals surface area contributed by atoms with Crippen molar-refractivity contribution in [1.82, 2.24) is 0 Å². The van der Waals surface area contributed by atoms with E-state index in [2.05, 4.69) is 26.0 Å². The molecule has 1 aromatic carbocycles.